The number of piperidine rings is 1. The zero-order valence-corrected chi connectivity index (χ0v) is 17.8. The predicted molar refractivity (Wildman–Crippen MR) is 119 cm³/mol. The molecule has 0 amide bonds. The molecule has 31 heavy (non-hydrogen) atoms. The van der Waals surface area contributed by atoms with E-state index in [1.54, 1.807) is 12.3 Å². The molecule has 1 aromatic carbocycles. The third kappa shape index (κ3) is 4.39. The predicted octanol–water partition coefficient (Wildman–Crippen LogP) is 2.83. The number of hydrogen-bond donors (Lipinski definition) is 2. The number of nitrogens with zero attached hydrogens (tertiary/aromatic N) is 6. The van der Waals surface area contributed by atoms with E-state index in [4.69, 9.17) is 11.6 Å². The van der Waals surface area contributed by atoms with E-state index in [0.29, 0.717) is 34.5 Å². The Labute approximate surface area is 184 Å². The number of rotatable bonds is 4. The molecule has 0 radical (unpaired) electrons. The van der Waals surface area contributed by atoms with Crippen LogP contribution in [0.5, 0.6) is 0 Å². The molecule has 0 aliphatic carbocycles. The van der Waals surface area contributed by atoms with Crippen molar-refractivity contribution in [3.63, 3.8) is 0 Å². The van der Waals surface area contributed by atoms with Gasteiger partial charge in [-0.3, -0.25) is 4.90 Å². The summed E-state index contributed by atoms with van der Waals surface area (Å²) in [5.41, 5.74) is 1.20. The summed E-state index contributed by atoms with van der Waals surface area (Å²) in [7, 11) is 0. The first-order valence-corrected chi connectivity index (χ1v) is 10.9. The van der Waals surface area contributed by atoms with E-state index in [-0.39, 0.29) is 5.02 Å². The molecular weight excluding hydrogens is 419 g/mol. The van der Waals surface area contributed by atoms with Gasteiger partial charge in [0.05, 0.1) is 10.4 Å². The van der Waals surface area contributed by atoms with Crippen molar-refractivity contribution in [1.82, 2.24) is 30.2 Å². The summed E-state index contributed by atoms with van der Waals surface area (Å²) < 4.78 is 13.4. The van der Waals surface area contributed by atoms with E-state index in [1.165, 1.54) is 18.5 Å². The second-order valence-electron chi connectivity index (χ2n) is 7.89. The van der Waals surface area contributed by atoms with Gasteiger partial charge in [-0.15, -0.1) is 0 Å². The SMILES string of the molecule is Fc1ccc(Nc2ncnc3nc(N4CCC(N5CCNCC5)CC4)ncc23)cc1Cl. The number of nitrogens with one attached hydrogen (secondary N) is 2. The van der Waals surface area contributed by atoms with E-state index in [0.717, 1.165) is 52.1 Å². The fourth-order valence-electron chi connectivity index (χ4n) is 4.28. The molecule has 2 aliphatic rings. The fourth-order valence-corrected chi connectivity index (χ4v) is 4.46. The highest BCUT2D eigenvalue weighted by atomic mass is 35.5. The number of fused-ring (bicyclic) bond motifs is 1. The Morgan fingerprint density at radius 3 is 2.65 bits per heavy atom. The van der Waals surface area contributed by atoms with Crippen molar-refractivity contribution in [1.29, 1.82) is 0 Å². The van der Waals surface area contributed by atoms with Crippen LogP contribution in [0.25, 0.3) is 11.0 Å². The van der Waals surface area contributed by atoms with Crippen LogP contribution < -0.4 is 15.5 Å². The van der Waals surface area contributed by atoms with E-state index in [9.17, 15) is 4.39 Å². The number of piperazine rings is 1. The molecular formula is C21H24ClFN8. The highest BCUT2D eigenvalue weighted by Crippen LogP contribution is 2.27. The van der Waals surface area contributed by atoms with E-state index < -0.39 is 5.82 Å². The number of anilines is 3. The van der Waals surface area contributed by atoms with E-state index >= 15 is 0 Å². The molecule has 0 spiro atoms. The number of benzene rings is 1. The molecule has 10 heteroatoms. The van der Waals surface area contributed by atoms with Crippen LogP contribution in [0.4, 0.5) is 21.8 Å². The summed E-state index contributed by atoms with van der Waals surface area (Å²) in [6.45, 7) is 6.28. The maximum absolute atomic E-state index is 13.4. The molecule has 3 aromatic rings. The smallest absolute Gasteiger partial charge is 0.227 e. The van der Waals surface area contributed by atoms with Gasteiger partial charge in [0.25, 0.3) is 0 Å². The van der Waals surface area contributed by atoms with Crippen LogP contribution in [0.1, 0.15) is 12.8 Å². The summed E-state index contributed by atoms with van der Waals surface area (Å²) in [6.07, 6.45) is 5.43. The van der Waals surface area contributed by atoms with Gasteiger partial charge >= 0.3 is 0 Å². The minimum absolute atomic E-state index is 0.0473. The number of halogens is 2. The number of hydrogen-bond acceptors (Lipinski definition) is 8. The van der Waals surface area contributed by atoms with Gasteiger partial charge in [0.2, 0.25) is 5.95 Å². The fraction of sp³-hybridized carbons (Fsp3) is 0.429. The van der Waals surface area contributed by atoms with Crippen molar-refractivity contribution >= 4 is 40.1 Å². The van der Waals surface area contributed by atoms with Crippen LogP contribution in [-0.2, 0) is 0 Å². The summed E-state index contributed by atoms with van der Waals surface area (Å²) in [5.74, 6) is 0.783. The van der Waals surface area contributed by atoms with Crippen LogP contribution >= 0.6 is 11.6 Å². The van der Waals surface area contributed by atoms with Crippen molar-refractivity contribution in [2.45, 2.75) is 18.9 Å². The third-order valence-electron chi connectivity index (χ3n) is 5.98. The monoisotopic (exact) mass is 442 g/mol. The van der Waals surface area contributed by atoms with Gasteiger partial charge in [-0.05, 0) is 31.0 Å². The average Bonchev–Trinajstić information content (AvgIpc) is 2.82. The van der Waals surface area contributed by atoms with Crippen LogP contribution in [0, 0.1) is 5.82 Å². The summed E-state index contributed by atoms with van der Waals surface area (Å²) >= 11 is 5.88. The zero-order chi connectivity index (χ0) is 21.2. The van der Waals surface area contributed by atoms with Gasteiger partial charge in [-0.1, -0.05) is 11.6 Å². The van der Waals surface area contributed by atoms with Gasteiger partial charge in [0.15, 0.2) is 5.65 Å². The van der Waals surface area contributed by atoms with Gasteiger partial charge < -0.3 is 15.5 Å². The zero-order valence-electron chi connectivity index (χ0n) is 17.1. The van der Waals surface area contributed by atoms with Gasteiger partial charge in [0, 0.05) is 57.2 Å². The Bertz CT molecular complexity index is 1070. The Morgan fingerprint density at radius 1 is 1.06 bits per heavy atom. The Balaban J connectivity index is 1.31. The van der Waals surface area contributed by atoms with Crippen molar-refractivity contribution in [2.24, 2.45) is 0 Å². The maximum Gasteiger partial charge on any atom is 0.227 e. The van der Waals surface area contributed by atoms with Crippen LogP contribution in [-0.4, -0.2) is 70.1 Å². The minimum atomic E-state index is -0.464. The standard InChI is InChI=1S/C21H24ClFN8/c22-17-11-14(1-2-18(17)23)28-19-16-12-25-21(29-20(16)27-13-26-19)31-7-3-15(4-8-31)30-9-5-24-6-10-30/h1-2,11-13,15,24H,3-10H2,(H,25,26,27,28,29). The lowest BCUT2D eigenvalue weighted by Gasteiger charge is -2.40. The molecule has 4 heterocycles. The Kier molecular flexibility index (Phi) is 5.80. The molecule has 0 saturated carbocycles. The van der Waals surface area contributed by atoms with Gasteiger partial charge in [-0.25, -0.2) is 19.3 Å². The van der Waals surface area contributed by atoms with Gasteiger partial charge in [0.1, 0.15) is 18.0 Å². The van der Waals surface area contributed by atoms with Crippen molar-refractivity contribution in [2.75, 3.05) is 49.5 Å². The largest absolute Gasteiger partial charge is 0.341 e. The molecule has 0 unspecified atom stereocenters. The quantitative estimate of drug-likeness (QED) is 0.638. The maximum atomic E-state index is 13.4. The molecule has 2 aromatic heterocycles. The topological polar surface area (TPSA) is 82.1 Å². The van der Waals surface area contributed by atoms with Crippen LogP contribution in [0.2, 0.25) is 5.02 Å². The minimum Gasteiger partial charge on any atom is -0.341 e. The average molecular weight is 443 g/mol. The van der Waals surface area contributed by atoms with Crippen molar-refractivity contribution in [3.8, 4) is 0 Å². The molecule has 8 nitrogen and oxygen atoms in total. The lowest BCUT2D eigenvalue weighted by molar-refractivity contribution is 0.150. The second-order valence-corrected chi connectivity index (χ2v) is 8.29. The molecule has 0 atom stereocenters. The lowest BCUT2D eigenvalue weighted by atomic mass is 10.0. The molecule has 2 aliphatic heterocycles. The summed E-state index contributed by atoms with van der Waals surface area (Å²) in [6, 6.07) is 5.07. The molecule has 5 rings (SSSR count). The molecule has 162 valence electrons. The highest BCUT2D eigenvalue weighted by Gasteiger charge is 2.26. The second kappa shape index (κ2) is 8.86. The first-order valence-electron chi connectivity index (χ1n) is 10.6. The first kappa shape index (κ1) is 20.3. The van der Waals surface area contributed by atoms with Crippen molar-refractivity contribution < 1.29 is 4.39 Å². The summed E-state index contributed by atoms with van der Waals surface area (Å²) in [4.78, 5) is 22.7. The Hall–Kier alpha value is -2.62. The van der Waals surface area contributed by atoms with E-state index in [1.807, 2.05) is 0 Å². The van der Waals surface area contributed by atoms with Gasteiger partial charge in [-0.2, -0.15) is 4.98 Å². The molecule has 2 saturated heterocycles. The van der Waals surface area contributed by atoms with Crippen LogP contribution in [0.3, 0.4) is 0 Å². The number of aromatic nitrogens is 4. The summed E-state index contributed by atoms with van der Waals surface area (Å²) in [5, 5.41) is 7.31. The Morgan fingerprint density at radius 2 is 1.87 bits per heavy atom. The first-order chi connectivity index (χ1) is 15.2. The molecule has 0 bridgehead atoms. The third-order valence-corrected chi connectivity index (χ3v) is 6.27. The van der Waals surface area contributed by atoms with E-state index in [2.05, 4.69) is 40.4 Å². The normalized spacial score (nSPS) is 18.5. The van der Waals surface area contributed by atoms with Crippen LogP contribution in [0.15, 0.2) is 30.7 Å². The molecule has 2 N–H and O–H groups in total. The highest BCUT2D eigenvalue weighted by molar-refractivity contribution is 6.31. The van der Waals surface area contributed by atoms with Crippen molar-refractivity contribution in [3.05, 3.63) is 41.6 Å². The lowest BCUT2D eigenvalue weighted by Crippen LogP contribution is -2.52. The molecule has 2 fully saturated rings.